The SMILES string of the molecule is Cn1c(C=Cc2ccc(C(F)(F)F)cc2)nc2cc(-c3ccccc3NS(C)(=O)=O)ccc21. The maximum absolute atomic E-state index is 12.7. The van der Waals surface area contributed by atoms with Crippen molar-refractivity contribution in [3.05, 3.63) is 83.7 Å². The van der Waals surface area contributed by atoms with Crippen LogP contribution >= 0.6 is 0 Å². The van der Waals surface area contributed by atoms with Crippen LogP contribution in [0.3, 0.4) is 0 Å². The summed E-state index contributed by atoms with van der Waals surface area (Å²) in [5, 5.41) is 0. The molecule has 0 aliphatic rings. The maximum atomic E-state index is 12.7. The molecule has 0 aliphatic heterocycles. The monoisotopic (exact) mass is 471 g/mol. The number of alkyl halides is 3. The van der Waals surface area contributed by atoms with Gasteiger partial charge in [-0.05, 0) is 47.5 Å². The predicted octanol–water partition coefficient (Wildman–Crippen LogP) is 5.80. The van der Waals surface area contributed by atoms with E-state index in [4.69, 9.17) is 0 Å². The van der Waals surface area contributed by atoms with E-state index in [0.717, 1.165) is 35.0 Å². The number of nitrogens with one attached hydrogen (secondary N) is 1. The molecule has 0 aliphatic carbocycles. The smallest absolute Gasteiger partial charge is 0.328 e. The summed E-state index contributed by atoms with van der Waals surface area (Å²) in [6.45, 7) is 0. The average Bonchev–Trinajstić information content (AvgIpc) is 3.06. The van der Waals surface area contributed by atoms with E-state index in [9.17, 15) is 21.6 Å². The highest BCUT2D eigenvalue weighted by Crippen LogP contribution is 2.31. The normalized spacial score (nSPS) is 12.5. The molecule has 4 rings (SSSR count). The minimum atomic E-state index is -4.37. The zero-order chi connectivity index (χ0) is 23.8. The van der Waals surface area contributed by atoms with Crippen LogP contribution in [0.4, 0.5) is 18.9 Å². The van der Waals surface area contributed by atoms with Gasteiger partial charge in [0.15, 0.2) is 0 Å². The quantitative estimate of drug-likeness (QED) is 0.400. The number of imidazole rings is 1. The number of hydrogen-bond donors (Lipinski definition) is 1. The molecule has 0 unspecified atom stereocenters. The number of rotatable bonds is 5. The Morgan fingerprint density at radius 2 is 1.67 bits per heavy atom. The number of aryl methyl sites for hydroxylation is 1. The zero-order valence-electron chi connectivity index (χ0n) is 17.8. The Morgan fingerprint density at radius 1 is 0.970 bits per heavy atom. The zero-order valence-corrected chi connectivity index (χ0v) is 18.6. The van der Waals surface area contributed by atoms with Crippen LogP contribution in [0, 0.1) is 0 Å². The van der Waals surface area contributed by atoms with Crippen molar-refractivity contribution in [2.24, 2.45) is 7.05 Å². The average molecular weight is 472 g/mol. The van der Waals surface area contributed by atoms with Crippen LogP contribution in [0.2, 0.25) is 0 Å². The lowest BCUT2D eigenvalue weighted by Gasteiger charge is -2.10. The second kappa shape index (κ2) is 8.40. The van der Waals surface area contributed by atoms with Gasteiger partial charge in [-0.2, -0.15) is 13.2 Å². The van der Waals surface area contributed by atoms with Gasteiger partial charge in [0, 0.05) is 12.6 Å². The summed E-state index contributed by atoms with van der Waals surface area (Å²) < 4.78 is 66.0. The number of sulfonamides is 1. The highest BCUT2D eigenvalue weighted by molar-refractivity contribution is 7.92. The first-order valence-corrected chi connectivity index (χ1v) is 11.8. The molecule has 9 heteroatoms. The van der Waals surface area contributed by atoms with Crippen molar-refractivity contribution in [1.29, 1.82) is 0 Å². The van der Waals surface area contributed by atoms with E-state index in [1.165, 1.54) is 12.1 Å². The molecule has 170 valence electrons. The van der Waals surface area contributed by atoms with Crippen molar-refractivity contribution in [2.45, 2.75) is 6.18 Å². The first-order chi connectivity index (χ1) is 15.5. The van der Waals surface area contributed by atoms with Crippen molar-refractivity contribution in [3.8, 4) is 11.1 Å². The molecule has 1 heterocycles. The van der Waals surface area contributed by atoms with Crippen LogP contribution in [-0.4, -0.2) is 24.2 Å². The molecule has 0 fully saturated rings. The van der Waals surface area contributed by atoms with Crippen LogP contribution in [-0.2, 0) is 23.2 Å². The fourth-order valence-electron chi connectivity index (χ4n) is 3.51. The lowest BCUT2D eigenvalue weighted by Crippen LogP contribution is -2.10. The van der Waals surface area contributed by atoms with Crippen molar-refractivity contribution in [3.63, 3.8) is 0 Å². The van der Waals surface area contributed by atoms with Gasteiger partial charge in [-0.25, -0.2) is 13.4 Å². The molecule has 0 radical (unpaired) electrons. The summed E-state index contributed by atoms with van der Waals surface area (Å²) in [6.07, 6.45) is 0.169. The molecule has 0 spiro atoms. The van der Waals surface area contributed by atoms with Gasteiger partial charge in [-0.15, -0.1) is 0 Å². The predicted molar refractivity (Wildman–Crippen MR) is 125 cm³/mol. The van der Waals surface area contributed by atoms with Crippen molar-refractivity contribution < 1.29 is 21.6 Å². The fourth-order valence-corrected chi connectivity index (χ4v) is 4.09. The van der Waals surface area contributed by atoms with Crippen LogP contribution in [0.5, 0.6) is 0 Å². The standard InChI is InChI=1S/C24H20F3N3O2S/c1-30-22-13-10-17(19-5-3-4-6-20(19)29-33(2,31)32)15-21(22)28-23(30)14-9-16-7-11-18(12-8-16)24(25,26)27/h3-15,29H,1-2H3. The fraction of sp³-hybridized carbons (Fsp3) is 0.125. The number of anilines is 1. The number of benzene rings is 3. The van der Waals surface area contributed by atoms with Gasteiger partial charge in [-0.1, -0.05) is 42.5 Å². The number of halogens is 3. The van der Waals surface area contributed by atoms with Gasteiger partial charge < -0.3 is 4.57 Å². The van der Waals surface area contributed by atoms with Crippen LogP contribution in [0.15, 0.2) is 66.7 Å². The number of aromatic nitrogens is 2. The molecule has 1 aromatic heterocycles. The summed E-state index contributed by atoms with van der Waals surface area (Å²) >= 11 is 0. The minimum absolute atomic E-state index is 0.470. The molecular formula is C24H20F3N3O2S. The summed E-state index contributed by atoms with van der Waals surface area (Å²) in [7, 11) is -1.59. The van der Waals surface area contributed by atoms with Crippen LogP contribution in [0.1, 0.15) is 17.0 Å². The molecule has 0 atom stereocenters. The molecule has 0 saturated carbocycles. The van der Waals surface area contributed by atoms with E-state index in [-0.39, 0.29) is 0 Å². The maximum Gasteiger partial charge on any atom is 0.416 e. The number of hydrogen-bond acceptors (Lipinski definition) is 3. The van der Waals surface area contributed by atoms with Gasteiger partial charge in [0.2, 0.25) is 10.0 Å². The van der Waals surface area contributed by atoms with Crippen LogP contribution in [0.25, 0.3) is 34.3 Å². The molecule has 0 saturated heterocycles. The molecule has 3 aromatic carbocycles. The molecule has 1 N–H and O–H groups in total. The highest BCUT2D eigenvalue weighted by atomic mass is 32.2. The Hall–Kier alpha value is -3.59. The van der Waals surface area contributed by atoms with Gasteiger partial charge in [-0.3, -0.25) is 4.72 Å². The minimum Gasteiger partial charge on any atom is -0.328 e. The summed E-state index contributed by atoms with van der Waals surface area (Å²) in [5.74, 6) is 0.629. The van der Waals surface area contributed by atoms with Crippen molar-refractivity contribution in [2.75, 3.05) is 11.0 Å². The van der Waals surface area contributed by atoms with Crippen LogP contribution < -0.4 is 4.72 Å². The third kappa shape index (κ3) is 5.09. The molecular weight excluding hydrogens is 451 g/mol. The Bertz CT molecular complexity index is 1450. The first kappa shape index (κ1) is 22.6. The van der Waals surface area contributed by atoms with E-state index in [1.807, 2.05) is 41.9 Å². The Kier molecular flexibility index (Phi) is 5.75. The molecule has 0 bridgehead atoms. The second-order valence-corrected chi connectivity index (χ2v) is 9.35. The first-order valence-electron chi connectivity index (χ1n) is 9.90. The third-order valence-electron chi connectivity index (χ3n) is 5.11. The second-order valence-electron chi connectivity index (χ2n) is 7.61. The number of fused-ring (bicyclic) bond motifs is 1. The van der Waals surface area contributed by atoms with E-state index < -0.39 is 21.8 Å². The largest absolute Gasteiger partial charge is 0.416 e. The molecule has 5 nitrogen and oxygen atoms in total. The number of nitrogens with zero attached hydrogens (tertiary/aromatic N) is 2. The highest BCUT2D eigenvalue weighted by Gasteiger charge is 2.29. The summed E-state index contributed by atoms with van der Waals surface area (Å²) in [6, 6.07) is 17.6. The Labute approximate surface area is 189 Å². The van der Waals surface area contributed by atoms with E-state index in [2.05, 4.69) is 9.71 Å². The van der Waals surface area contributed by atoms with E-state index in [1.54, 1.807) is 24.3 Å². The summed E-state index contributed by atoms with van der Waals surface area (Å²) in [4.78, 5) is 4.63. The van der Waals surface area contributed by atoms with E-state index >= 15 is 0 Å². The van der Waals surface area contributed by atoms with Crippen molar-refractivity contribution >= 4 is 38.9 Å². The number of para-hydroxylation sites is 1. The molecule has 33 heavy (non-hydrogen) atoms. The Balaban J connectivity index is 1.66. The lowest BCUT2D eigenvalue weighted by atomic mass is 10.0. The van der Waals surface area contributed by atoms with Gasteiger partial charge in [0.05, 0.1) is 28.5 Å². The van der Waals surface area contributed by atoms with Crippen molar-refractivity contribution in [1.82, 2.24) is 9.55 Å². The van der Waals surface area contributed by atoms with E-state index in [0.29, 0.717) is 22.6 Å². The topological polar surface area (TPSA) is 64.0 Å². The molecule has 4 aromatic rings. The van der Waals surface area contributed by atoms with Gasteiger partial charge in [0.1, 0.15) is 5.82 Å². The van der Waals surface area contributed by atoms with Gasteiger partial charge >= 0.3 is 6.18 Å². The lowest BCUT2D eigenvalue weighted by molar-refractivity contribution is -0.137. The Morgan fingerprint density at radius 3 is 2.33 bits per heavy atom. The van der Waals surface area contributed by atoms with Gasteiger partial charge in [0.25, 0.3) is 0 Å². The third-order valence-corrected chi connectivity index (χ3v) is 5.70. The summed E-state index contributed by atoms with van der Waals surface area (Å²) in [5.41, 5.74) is 3.48. The molecule has 0 amide bonds.